The molecule has 0 spiro atoms. The molecule has 28 heavy (non-hydrogen) atoms. The summed E-state index contributed by atoms with van der Waals surface area (Å²) in [6.07, 6.45) is -5.08. The van der Waals surface area contributed by atoms with Crippen LogP contribution in [0.15, 0.2) is 12.1 Å². The summed E-state index contributed by atoms with van der Waals surface area (Å²) < 4.78 is 64.5. The minimum absolute atomic E-state index is 0.0877. The Morgan fingerprint density at radius 2 is 1.79 bits per heavy atom. The van der Waals surface area contributed by atoms with Crippen LogP contribution in [-0.4, -0.2) is 70.6 Å². The number of hydrogen-bond acceptors (Lipinski definition) is 6. The molecule has 0 bridgehead atoms. The SMILES string of the molecule is CCc1nnc2ccc(N3CC4CN(S(=O)(=O)CCC(F)(F)F)CC4C3)nn12. The zero-order valence-electron chi connectivity index (χ0n) is 15.3. The van der Waals surface area contributed by atoms with E-state index in [1.54, 1.807) is 4.52 Å². The molecule has 2 aromatic rings. The standard InChI is InChI=1S/C16H21F3N6O2S/c1-2-13-20-21-14-3-4-15(22-25(13)14)23-7-11-9-24(10-12(11)8-23)28(26,27)6-5-16(17,18)19/h3-4,11-12H,2,5-10H2,1H3. The minimum atomic E-state index is -4.47. The van der Waals surface area contributed by atoms with Gasteiger partial charge in [0.15, 0.2) is 11.5 Å². The van der Waals surface area contributed by atoms with Crippen LogP contribution in [0.1, 0.15) is 19.2 Å². The van der Waals surface area contributed by atoms with Crippen molar-refractivity contribution in [2.45, 2.75) is 25.9 Å². The molecule has 0 aliphatic carbocycles. The Morgan fingerprint density at radius 3 is 2.39 bits per heavy atom. The highest BCUT2D eigenvalue weighted by atomic mass is 32.2. The molecule has 0 amide bonds. The lowest BCUT2D eigenvalue weighted by Gasteiger charge is -2.22. The molecule has 0 aromatic carbocycles. The van der Waals surface area contributed by atoms with Gasteiger partial charge in [0, 0.05) is 32.6 Å². The predicted molar refractivity (Wildman–Crippen MR) is 95.4 cm³/mol. The van der Waals surface area contributed by atoms with Crippen molar-refractivity contribution >= 4 is 21.5 Å². The van der Waals surface area contributed by atoms with Crippen molar-refractivity contribution in [2.24, 2.45) is 11.8 Å². The van der Waals surface area contributed by atoms with E-state index in [2.05, 4.69) is 20.2 Å². The van der Waals surface area contributed by atoms with Gasteiger partial charge in [-0.05, 0) is 24.0 Å². The molecule has 2 aromatic heterocycles. The molecule has 2 saturated heterocycles. The largest absolute Gasteiger partial charge is 0.390 e. The van der Waals surface area contributed by atoms with Crippen LogP contribution in [0.2, 0.25) is 0 Å². The Balaban J connectivity index is 1.43. The molecule has 0 saturated carbocycles. The Labute approximate surface area is 160 Å². The lowest BCUT2D eigenvalue weighted by atomic mass is 10.0. The number of fused-ring (bicyclic) bond motifs is 2. The van der Waals surface area contributed by atoms with E-state index in [0.29, 0.717) is 25.2 Å². The van der Waals surface area contributed by atoms with Crippen LogP contribution in [0.4, 0.5) is 19.0 Å². The van der Waals surface area contributed by atoms with Crippen molar-refractivity contribution < 1.29 is 21.6 Å². The fraction of sp³-hybridized carbons (Fsp3) is 0.688. The lowest BCUT2D eigenvalue weighted by molar-refractivity contribution is -0.130. The van der Waals surface area contributed by atoms with Crippen LogP contribution >= 0.6 is 0 Å². The van der Waals surface area contributed by atoms with E-state index < -0.39 is 28.4 Å². The van der Waals surface area contributed by atoms with Crippen molar-refractivity contribution in [1.29, 1.82) is 0 Å². The molecular weight excluding hydrogens is 397 g/mol. The van der Waals surface area contributed by atoms with E-state index in [9.17, 15) is 21.6 Å². The Morgan fingerprint density at radius 1 is 1.11 bits per heavy atom. The number of halogens is 3. The second kappa shape index (κ2) is 6.83. The Hall–Kier alpha value is -1.95. The highest BCUT2D eigenvalue weighted by Gasteiger charge is 2.45. The first kappa shape index (κ1) is 19.4. The molecule has 2 aliphatic rings. The van der Waals surface area contributed by atoms with E-state index in [-0.39, 0.29) is 24.9 Å². The highest BCUT2D eigenvalue weighted by Crippen LogP contribution is 2.35. The first-order valence-electron chi connectivity index (χ1n) is 9.17. The summed E-state index contributed by atoms with van der Waals surface area (Å²) in [4.78, 5) is 2.09. The van der Waals surface area contributed by atoms with Crippen LogP contribution in [-0.2, 0) is 16.4 Å². The van der Waals surface area contributed by atoms with Crippen molar-refractivity contribution in [1.82, 2.24) is 24.1 Å². The fourth-order valence-electron chi connectivity index (χ4n) is 3.95. The van der Waals surface area contributed by atoms with E-state index in [1.807, 2.05) is 19.1 Å². The van der Waals surface area contributed by atoms with Gasteiger partial charge in [-0.25, -0.2) is 12.7 Å². The van der Waals surface area contributed by atoms with Gasteiger partial charge in [-0.15, -0.1) is 15.3 Å². The van der Waals surface area contributed by atoms with Gasteiger partial charge >= 0.3 is 6.18 Å². The first-order chi connectivity index (χ1) is 13.2. The van der Waals surface area contributed by atoms with Crippen LogP contribution in [0.25, 0.3) is 5.65 Å². The number of sulfonamides is 1. The maximum atomic E-state index is 12.4. The average Bonchev–Trinajstić information content (AvgIpc) is 3.31. The number of rotatable bonds is 5. The van der Waals surface area contributed by atoms with Crippen molar-refractivity contribution in [3.63, 3.8) is 0 Å². The Bertz CT molecular complexity index is 962. The van der Waals surface area contributed by atoms with Gasteiger partial charge < -0.3 is 4.90 Å². The summed E-state index contributed by atoms with van der Waals surface area (Å²) in [5.41, 5.74) is 0.668. The van der Waals surface area contributed by atoms with Crippen LogP contribution in [0.5, 0.6) is 0 Å². The molecule has 4 heterocycles. The van der Waals surface area contributed by atoms with Crippen molar-refractivity contribution in [3.05, 3.63) is 18.0 Å². The van der Waals surface area contributed by atoms with Gasteiger partial charge in [-0.1, -0.05) is 6.92 Å². The van der Waals surface area contributed by atoms with Gasteiger partial charge in [-0.2, -0.15) is 17.7 Å². The monoisotopic (exact) mass is 418 g/mol. The van der Waals surface area contributed by atoms with Crippen LogP contribution < -0.4 is 4.90 Å². The van der Waals surface area contributed by atoms with E-state index in [0.717, 1.165) is 11.6 Å². The molecule has 2 unspecified atom stereocenters. The van der Waals surface area contributed by atoms with E-state index >= 15 is 0 Å². The molecule has 0 radical (unpaired) electrons. The molecule has 2 aliphatic heterocycles. The third-order valence-electron chi connectivity index (χ3n) is 5.44. The number of hydrogen-bond donors (Lipinski definition) is 0. The van der Waals surface area contributed by atoms with Crippen LogP contribution in [0.3, 0.4) is 0 Å². The average molecular weight is 418 g/mol. The Kier molecular flexibility index (Phi) is 4.73. The maximum Gasteiger partial charge on any atom is 0.390 e. The first-order valence-corrected chi connectivity index (χ1v) is 10.8. The molecule has 0 N–H and O–H groups in total. The second-order valence-corrected chi connectivity index (χ2v) is 9.44. The highest BCUT2D eigenvalue weighted by molar-refractivity contribution is 7.89. The minimum Gasteiger partial charge on any atom is -0.355 e. The third-order valence-corrected chi connectivity index (χ3v) is 7.25. The number of alkyl halides is 3. The number of aromatic nitrogens is 4. The number of aryl methyl sites for hydroxylation is 1. The van der Waals surface area contributed by atoms with Gasteiger partial charge in [0.25, 0.3) is 0 Å². The molecule has 4 rings (SSSR count). The van der Waals surface area contributed by atoms with Gasteiger partial charge in [0.05, 0.1) is 12.2 Å². The van der Waals surface area contributed by atoms with Gasteiger partial charge in [0.1, 0.15) is 5.82 Å². The quantitative estimate of drug-likeness (QED) is 0.729. The number of nitrogens with zero attached hydrogens (tertiary/aromatic N) is 6. The second-order valence-electron chi connectivity index (χ2n) is 7.35. The predicted octanol–water partition coefficient (Wildman–Crippen LogP) is 1.34. The maximum absolute atomic E-state index is 12.4. The molecule has 154 valence electrons. The molecule has 2 atom stereocenters. The zero-order valence-corrected chi connectivity index (χ0v) is 16.1. The number of anilines is 1. The molecule has 2 fully saturated rings. The summed E-state index contributed by atoms with van der Waals surface area (Å²) >= 11 is 0. The summed E-state index contributed by atoms with van der Waals surface area (Å²) in [7, 11) is -3.89. The van der Waals surface area contributed by atoms with E-state index in [4.69, 9.17) is 0 Å². The van der Waals surface area contributed by atoms with Crippen molar-refractivity contribution in [3.8, 4) is 0 Å². The molecule has 8 nitrogen and oxygen atoms in total. The lowest BCUT2D eigenvalue weighted by Crippen LogP contribution is -2.36. The summed E-state index contributed by atoms with van der Waals surface area (Å²) in [6.45, 7) is 3.74. The van der Waals surface area contributed by atoms with Crippen molar-refractivity contribution in [2.75, 3.05) is 36.8 Å². The summed E-state index contributed by atoms with van der Waals surface area (Å²) in [5.74, 6) is 0.821. The van der Waals surface area contributed by atoms with Gasteiger partial charge in [-0.3, -0.25) is 0 Å². The normalized spacial score (nSPS) is 23.6. The summed E-state index contributed by atoms with van der Waals surface area (Å²) in [6, 6.07) is 3.71. The smallest absolute Gasteiger partial charge is 0.355 e. The summed E-state index contributed by atoms with van der Waals surface area (Å²) in [5, 5.41) is 12.8. The topological polar surface area (TPSA) is 83.7 Å². The van der Waals surface area contributed by atoms with Gasteiger partial charge in [0.2, 0.25) is 10.0 Å². The molecule has 12 heteroatoms. The van der Waals surface area contributed by atoms with E-state index in [1.165, 1.54) is 4.31 Å². The fourth-order valence-corrected chi connectivity index (χ4v) is 5.54. The van der Waals surface area contributed by atoms with Crippen LogP contribution in [0, 0.1) is 11.8 Å². The third kappa shape index (κ3) is 3.66. The zero-order chi connectivity index (χ0) is 20.1. The molecular formula is C16H21F3N6O2S.